The number of hydrogen-bond donors (Lipinski definition) is 2. The number of hydrogen-bond acceptors (Lipinski definition) is 2. The smallest absolute Gasteiger partial charge is 0.254 e. The molecular formula is C14H18F2N2O. The van der Waals surface area contributed by atoms with Crippen LogP contribution in [0.5, 0.6) is 0 Å². The first-order valence-corrected chi connectivity index (χ1v) is 6.52. The van der Waals surface area contributed by atoms with Crippen LogP contribution in [0.1, 0.15) is 37.2 Å². The number of carbonyl (C=O) groups excluding carboxylic acids is 1. The zero-order valence-corrected chi connectivity index (χ0v) is 10.6. The number of nitrogen functional groups attached to an aromatic ring is 1. The quantitative estimate of drug-likeness (QED) is 0.825. The van der Waals surface area contributed by atoms with Gasteiger partial charge in [-0.25, -0.2) is 8.78 Å². The summed E-state index contributed by atoms with van der Waals surface area (Å²) in [5.41, 5.74) is 6.32. The second kappa shape index (κ2) is 5.99. The summed E-state index contributed by atoms with van der Waals surface area (Å²) in [6.45, 7) is 0. The maximum Gasteiger partial charge on any atom is 0.254 e. The molecule has 0 spiro atoms. The molecule has 1 unspecified atom stereocenters. The third kappa shape index (κ3) is 3.43. The summed E-state index contributed by atoms with van der Waals surface area (Å²) >= 11 is 0. The third-order valence-corrected chi connectivity index (χ3v) is 3.53. The van der Waals surface area contributed by atoms with Crippen molar-refractivity contribution in [3.8, 4) is 0 Å². The first kappa shape index (κ1) is 13.8. The van der Waals surface area contributed by atoms with E-state index in [1.165, 1.54) is 24.3 Å². The van der Waals surface area contributed by atoms with Gasteiger partial charge in [0, 0.05) is 11.7 Å². The summed E-state index contributed by atoms with van der Waals surface area (Å²) in [7, 11) is 0. The highest BCUT2D eigenvalue weighted by atomic mass is 19.3. The van der Waals surface area contributed by atoms with Gasteiger partial charge in [0.05, 0.1) is 0 Å². The van der Waals surface area contributed by atoms with Gasteiger partial charge in [-0.1, -0.05) is 25.0 Å². The minimum atomic E-state index is -2.72. The lowest BCUT2D eigenvalue weighted by Crippen LogP contribution is -2.38. The van der Waals surface area contributed by atoms with Crippen LogP contribution in [-0.4, -0.2) is 18.4 Å². The Morgan fingerprint density at radius 1 is 1.21 bits per heavy atom. The lowest BCUT2D eigenvalue weighted by atomic mass is 9.98. The van der Waals surface area contributed by atoms with Crippen LogP contribution in [-0.2, 0) is 4.79 Å². The van der Waals surface area contributed by atoms with E-state index >= 15 is 0 Å². The number of alkyl halides is 2. The van der Waals surface area contributed by atoms with E-state index in [1.54, 1.807) is 0 Å². The van der Waals surface area contributed by atoms with Crippen molar-refractivity contribution in [1.29, 1.82) is 0 Å². The average molecular weight is 268 g/mol. The highest BCUT2D eigenvalue weighted by Gasteiger charge is 2.31. The Labute approximate surface area is 111 Å². The maximum atomic E-state index is 13.1. The van der Waals surface area contributed by atoms with Gasteiger partial charge in [0.25, 0.3) is 6.43 Å². The molecule has 1 saturated carbocycles. The molecule has 1 atom stereocenters. The first-order chi connectivity index (χ1) is 9.08. The predicted molar refractivity (Wildman–Crippen MR) is 70.0 cm³/mol. The summed E-state index contributed by atoms with van der Waals surface area (Å²) in [5.74, 6) is -2.01. The van der Waals surface area contributed by atoms with E-state index in [1.807, 2.05) is 0 Å². The average Bonchev–Trinajstić information content (AvgIpc) is 2.84. The Kier molecular flexibility index (Phi) is 4.35. The van der Waals surface area contributed by atoms with Crippen molar-refractivity contribution in [3.05, 3.63) is 29.8 Å². The van der Waals surface area contributed by atoms with E-state index < -0.39 is 18.3 Å². The van der Waals surface area contributed by atoms with Crippen molar-refractivity contribution in [2.75, 3.05) is 5.73 Å². The van der Waals surface area contributed by atoms with E-state index in [0.29, 0.717) is 11.3 Å². The Bertz CT molecular complexity index is 428. The number of benzene rings is 1. The molecule has 3 nitrogen and oxygen atoms in total. The lowest BCUT2D eigenvalue weighted by Gasteiger charge is -2.19. The second-order valence-corrected chi connectivity index (χ2v) is 4.97. The fourth-order valence-corrected chi connectivity index (χ4v) is 2.48. The van der Waals surface area contributed by atoms with E-state index in [9.17, 15) is 13.6 Å². The largest absolute Gasteiger partial charge is 0.399 e. The molecular weight excluding hydrogens is 250 g/mol. The molecule has 1 aliphatic carbocycles. The van der Waals surface area contributed by atoms with Crippen molar-refractivity contribution < 1.29 is 13.6 Å². The zero-order chi connectivity index (χ0) is 13.8. The fraction of sp³-hybridized carbons (Fsp3) is 0.500. The fourth-order valence-electron chi connectivity index (χ4n) is 2.48. The molecule has 1 aliphatic rings. The van der Waals surface area contributed by atoms with Gasteiger partial charge in [-0.05, 0) is 30.5 Å². The minimum absolute atomic E-state index is 0.0440. The van der Waals surface area contributed by atoms with Crippen molar-refractivity contribution in [2.45, 2.75) is 44.1 Å². The van der Waals surface area contributed by atoms with Crippen molar-refractivity contribution >= 4 is 11.6 Å². The number of rotatable bonds is 4. The molecule has 19 heavy (non-hydrogen) atoms. The third-order valence-electron chi connectivity index (χ3n) is 3.53. The topological polar surface area (TPSA) is 55.1 Å². The normalized spacial score (nSPS) is 17.6. The van der Waals surface area contributed by atoms with Gasteiger partial charge in [-0.15, -0.1) is 0 Å². The monoisotopic (exact) mass is 268 g/mol. The Hall–Kier alpha value is -1.65. The molecule has 0 bridgehead atoms. The van der Waals surface area contributed by atoms with E-state index in [0.717, 1.165) is 25.7 Å². The van der Waals surface area contributed by atoms with Crippen LogP contribution >= 0.6 is 0 Å². The number of halogens is 2. The maximum absolute atomic E-state index is 13.1. The van der Waals surface area contributed by atoms with Crippen LogP contribution in [0.2, 0.25) is 0 Å². The number of nitrogens with one attached hydrogen (secondary N) is 1. The van der Waals surface area contributed by atoms with Crippen LogP contribution < -0.4 is 11.1 Å². The summed E-state index contributed by atoms with van der Waals surface area (Å²) in [5, 5.41) is 2.72. The van der Waals surface area contributed by atoms with Crippen molar-refractivity contribution in [2.24, 2.45) is 0 Å². The molecule has 1 fully saturated rings. The zero-order valence-electron chi connectivity index (χ0n) is 10.6. The van der Waals surface area contributed by atoms with Gasteiger partial charge in [0.2, 0.25) is 5.91 Å². The SMILES string of the molecule is Nc1ccc(C(C(=O)NC2CCCC2)C(F)F)cc1. The molecule has 5 heteroatoms. The Morgan fingerprint density at radius 3 is 2.32 bits per heavy atom. The number of anilines is 1. The summed E-state index contributed by atoms with van der Waals surface area (Å²) in [4.78, 5) is 12.0. The van der Waals surface area contributed by atoms with E-state index in [4.69, 9.17) is 5.73 Å². The standard InChI is InChI=1S/C14H18F2N2O/c15-13(16)12(9-5-7-10(17)8-6-9)14(19)18-11-3-1-2-4-11/h5-8,11-13H,1-4,17H2,(H,18,19). The predicted octanol–water partition coefficient (Wildman–Crippen LogP) is 2.68. The summed E-state index contributed by atoms with van der Waals surface area (Å²) in [6, 6.07) is 6.09. The van der Waals surface area contributed by atoms with Crippen LogP contribution in [0.25, 0.3) is 0 Å². The highest BCUT2D eigenvalue weighted by Crippen LogP contribution is 2.26. The van der Waals surface area contributed by atoms with Gasteiger partial charge >= 0.3 is 0 Å². The molecule has 1 aromatic rings. The van der Waals surface area contributed by atoms with Gasteiger partial charge in [0.15, 0.2) is 0 Å². The Balaban J connectivity index is 2.10. The van der Waals surface area contributed by atoms with Crippen LogP contribution in [0, 0.1) is 0 Å². The van der Waals surface area contributed by atoms with Gasteiger partial charge in [-0.2, -0.15) is 0 Å². The number of amides is 1. The van der Waals surface area contributed by atoms with Gasteiger partial charge in [-0.3, -0.25) is 4.79 Å². The molecule has 0 aliphatic heterocycles. The van der Waals surface area contributed by atoms with Crippen LogP contribution in [0.15, 0.2) is 24.3 Å². The van der Waals surface area contributed by atoms with Crippen molar-refractivity contribution in [1.82, 2.24) is 5.32 Å². The van der Waals surface area contributed by atoms with Gasteiger partial charge < -0.3 is 11.1 Å². The Morgan fingerprint density at radius 2 is 1.79 bits per heavy atom. The lowest BCUT2D eigenvalue weighted by molar-refractivity contribution is -0.126. The van der Waals surface area contributed by atoms with Crippen LogP contribution in [0.4, 0.5) is 14.5 Å². The van der Waals surface area contributed by atoms with Crippen LogP contribution in [0.3, 0.4) is 0 Å². The number of carbonyl (C=O) groups is 1. The molecule has 2 rings (SSSR count). The molecule has 104 valence electrons. The van der Waals surface area contributed by atoms with Gasteiger partial charge in [0.1, 0.15) is 5.92 Å². The molecule has 1 aromatic carbocycles. The first-order valence-electron chi connectivity index (χ1n) is 6.52. The minimum Gasteiger partial charge on any atom is -0.399 e. The molecule has 3 N–H and O–H groups in total. The highest BCUT2D eigenvalue weighted by molar-refractivity contribution is 5.84. The van der Waals surface area contributed by atoms with E-state index in [2.05, 4.69) is 5.32 Å². The molecule has 0 aromatic heterocycles. The molecule has 0 saturated heterocycles. The second-order valence-electron chi connectivity index (χ2n) is 4.97. The molecule has 1 amide bonds. The van der Waals surface area contributed by atoms with Crippen molar-refractivity contribution in [3.63, 3.8) is 0 Å². The molecule has 0 heterocycles. The number of nitrogens with two attached hydrogens (primary N) is 1. The summed E-state index contributed by atoms with van der Waals surface area (Å²) in [6.07, 6.45) is 1.13. The molecule has 0 radical (unpaired) electrons. The van der Waals surface area contributed by atoms with E-state index in [-0.39, 0.29) is 6.04 Å². The summed E-state index contributed by atoms with van der Waals surface area (Å²) < 4.78 is 26.2.